The Balaban J connectivity index is 2.08. The Hall–Kier alpha value is -3.13. The lowest BCUT2D eigenvalue weighted by atomic mass is 10.0. The number of benzene rings is 2. The van der Waals surface area contributed by atoms with Crippen LogP contribution >= 0.6 is 15.9 Å². The van der Waals surface area contributed by atoms with Gasteiger partial charge in [-0.05, 0) is 65.2 Å². The smallest absolute Gasteiger partial charge is 0.335 e. The molecule has 8 heteroatoms. The molecule has 1 fully saturated rings. The molecule has 0 radical (unpaired) electrons. The van der Waals surface area contributed by atoms with E-state index in [0.717, 1.165) is 16.0 Å². The van der Waals surface area contributed by atoms with E-state index in [1.165, 1.54) is 25.3 Å². The normalized spacial score (nSPS) is 15.8. The molecule has 4 amide bonds. The number of rotatable bonds is 3. The van der Waals surface area contributed by atoms with Gasteiger partial charge in [0.05, 0.1) is 17.3 Å². The van der Waals surface area contributed by atoms with Gasteiger partial charge >= 0.3 is 6.03 Å². The number of anilines is 1. The second-order valence-electron chi connectivity index (χ2n) is 6.30. The molecule has 1 heterocycles. The van der Waals surface area contributed by atoms with Crippen LogP contribution in [-0.4, -0.2) is 30.1 Å². The van der Waals surface area contributed by atoms with Crippen molar-refractivity contribution in [1.82, 2.24) is 5.32 Å². The van der Waals surface area contributed by atoms with Crippen LogP contribution in [0.2, 0.25) is 0 Å². The number of halogens is 1. The zero-order chi connectivity index (χ0) is 20.6. The molecule has 1 aliphatic rings. The third-order valence-electron chi connectivity index (χ3n) is 4.28. The summed E-state index contributed by atoms with van der Waals surface area (Å²) in [5, 5.41) is 12.1. The van der Waals surface area contributed by atoms with Gasteiger partial charge in [0.1, 0.15) is 5.57 Å². The number of methoxy groups -OCH3 is 1. The number of amides is 4. The first-order valence-corrected chi connectivity index (χ1v) is 9.07. The van der Waals surface area contributed by atoms with Crippen LogP contribution in [0.15, 0.2) is 40.4 Å². The number of nitrogens with zero attached hydrogens (tertiary/aromatic N) is 1. The van der Waals surface area contributed by atoms with Crippen molar-refractivity contribution in [2.24, 2.45) is 0 Å². The average molecular weight is 445 g/mol. The molecule has 2 aromatic rings. The number of carbonyl (C=O) groups excluding carboxylic acids is 3. The van der Waals surface area contributed by atoms with Crippen molar-refractivity contribution in [1.29, 1.82) is 0 Å². The largest absolute Gasteiger partial charge is 0.503 e. The zero-order valence-corrected chi connectivity index (χ0v) is 17.0. The average Bonchev–Trinajstić information content (AvgIpc) is 2.63. The molecular weight excluding hydrogens is 428 g/mol. The van der Waals surface area contributed by atoms with Gasteiger partial charge in [-0.1, -0.05) is 17.7 Å². The van der Waals surface area contributed by atoms with Crippen LogP contribution in [0.5, 0.6) is 11.5 Å². The third-order valence-corrected chi connectivity index (χ3v) is 4.88. The Labute approximate surface area is 169 Å². The molecule has 144 valence electrons. The lowest BCUT2D eigenvalue weighted by molar-refractivity contribution is -0.122. The Morgan fingerprint density at radius 2 is 1.86 bits per heavy atom. The molecule has 28 heavy (non-hydrogen) atoms. The number of ether oxygens (including phenoxy) is 1. The highest BCUT2D eigenvalue weighted by Crippen LogP contribution is 2.36. The topological polar surface area (TPSA) is 95.9 Å². The summed E-state index contributed by atoms with van der Waals surface area (Å²) in [7, 11) is 1.39. The molecule has 2 N–H and O–H groups in total. The third kappa shape index (κ3) is 3.50. The van der Waals surface area contributed by atoms with Gasteiger partial charge in [-0.25, -0.2) is 9.69 Å². The number of hydrogen-bond acceptors (Lipinski definition) is 5. The van der Waals surface area contributed by atoms with Crippen molar-refractivity contribution in [2.45, 2.75) is 13.8 Å². The van der Waals surface area contributed by atoms with E-state index in [9.17, 15) is 19.5 Å². The summed E-state index contributed by atoms with van der Waals surface area (Å²) in [5.41, 5.74) is 2.34. The maximum Gasteiger partial charge on any atom is 0.335 e. The van der Waals surface area contributed by atoms with E-state index >= 15 is 0 Å². The van der Waals surface area contributed by atoms with Gasteiger partial charge in [0.15, 0.2) is 11.5 Å². The van der Waals surface area contributed by atoms with E-state index in [4.69, 9.17) is 4.74 Å². The monoisotopic (exact) mass is 444 g/mol. The number of carbonyl (C=O) groups is 3. The number of aromatic hydroxyl groups is 1. The van der Waals surface area contributed by atoms with Gasteiger partial charge in [-0.3, -0.25) is 14.9 Å². The minimum atomic E-state index is -0.802. The van der Waals surface area contributed by atoms with Gasteiger partial charge in [-0.15, -0.1) is 0 Å². The lowest BCUT2D eigenvalue weighted by Crippen LogP contribution is -2.54. The predicted molar refractivity (Wildman–Crippen MR) is 107 cm³/mol. The van der Waals surface area contributed by atoms with E-state index in [1.807, 2.05) is 13.0 Å². The fourth-order valence-corrected chi connectivity index (χ4v) is 3.39. The molecule has 0 spiro atoms. The molecular formula is C20H17BrN2O5. The first-order valence-electron chi connectivity index (χ1n) is 8.28. The van der Waals surface area contributed by atoms with E-state index in [1.54, 1.807) is 19.1 Å². The summed E-state index contributed by atoms with van der Waals surface area (Å²) in [4.78, 5) is 38.6. The minimum Gasteiger partial charge on any atom is -0.503 e. The number of barbiturate groups is 1. The Kier molecular flexibility index (Phi) is 5.24. The fourth-order valence-electron chi connectivity index (χ4n) is 2.93. The molecule has 7 nitrogen and oxygen atoms in total. The number of imide groups is 2. The lowest BCUT2D eigenvalue weighted by Gasteiger charge is -2.27. The fraction of sp³-hybridized carbons (Fsp3) is 0.150. The zero-order valence-electron chi connectivity index (χ0n) is 15.4. The highest BCUT2D eigenvalue weighted by atomic mass is 79.9. The van der Waals surface area contributed by atoms with Gasteiger partial charge in [0, 0.05) is 0 Å². The first kappa shape index (κ1) is 19.6. The highest BCUT2D eigenvalue weighted by molar-refractivity contribution is 9.10. The Morgan fingerprint density at radius 3 is 2.50 bits per heavy atom. The summed E-state index contributed by atoms with van der Waals surface area (Å²) in [6.45, 7) is 3.68. The van der Waals surface area contributed by atoms with Gasteiger partial charge in [0.2, 0.25) is 0 Å². The number of urea groups is 1. The second-order valence-corrected chi connectivity index (χ2v) is 7.16. The SMILES string of the molecule is COc1cc(/C=C2\C(=O)NC(=O)N(c3ccc(C)cc3C)C2=O)cc(Br)c1O. The van der Waals surface area contributed by atoms with Crippen molar-refractivity contribution >= 4 is 45.5 Å². The summed E-state index contributed by atoms with van der Waals surface area (Å²) < 4.78 is 5.42. The summed E-state index contributed by atoms with van der Waals surface area (Å²) >= 11 is 3.20. The molecule has 0 unspecified atom stereocenters. The molecule has 2 aromatic carbocycles. The molecule has 0 aliphatic carbocycles. The molecule has 0 atom stereocenters. The van der Waals surface area contributed by atoms with Crippen LogP contribution in [0.4, 0.5) is 10.5 Å². The van der Waals surface area contributed by atoms with E-state index in [2.05, 4.69) is 21.2 Å². The van der Waals surface area contributed by atoms with Crippen LogP contribution < -0.4 is 15.0 Å². The summed E-state index contributed by atoms with van der Waals surface area (Å²) in [6.07, 6.45) is 1.34. The summed E-state index contributed by atoms with van der Waals surface area (Å²) in [5.74, 6) is -1.45. The number of nitrogens with one attached hydrogen (secondary N) is 1. The molecule has 1 aliphatic heterocycles. The van der Waals surface area contributed by atoms with Crippen LogP contribution in [0.1, 0.15) is 16.7 Å². The maximum absolute atomic E-state index is 13.0. The Morgan fingerprint density at radius 1 is 1.14 bits per heavy atom. The first-order chi connectivity index (χ1) is 13.2. The highest BCUT2D eigenvalue weighted by Gasteiger charge is 2.37. The number of aryl methyl sites for hydroxylation is 2. The second kappa shape index (κ2) is 7.47. The molecule has 1 saturated heterocycles. The number of hydrogen-bond donors (Lipinski definition) is 2. The molecule has 0 aromatic heterocycles. The summed E-state index contributed by atoms with van der Waals surface area (Å²) in [6, 6.07) is 7.50. The van der Waals surface area contributed by atoms with E-state index in [-0.39, 0.29) is 17.1 Å². The van der Waals surface area contributed by atoms with Crippen molar-refractivity contribution in [2.75, 3.05) is 12.0 Å². The molecule has 0 bridgehead atoms. The van der Waals surface area contributed by atoms with Gasteiger partial charge in [0.25, 0.3) is 11.8 Å². The van der Waals surface area contributed by atoms with Crippen LogP contribution in [0, 0.1) is 13.8 Å². The number of phenols is 1. The van der Waals surface area contributed by atoms with Gasteiger partial charge < -0.3 is 9.84 Å². The van der Waals surface area contributed by atoms with Crippen LogP contribution in [0.25, 0.3) is 6.08 Å². The van der Waals surface area contributed by atoms with E-state index in [0.29, 0.717) is 15.7 Å². The van der Waals surface area contributed by atoms with Crippen LogP contribution in [-0.2, 0) is 9.59 Å². The molecule has 3 rings (SSSR count). The molecule has 0 saturated carbocycles. The Bertz CT molecular complexity index is 1050. The van der Waals surface area contributed by atoms with Crippen molar-refractivity contribution in [3.05, 3.63) is 57.1 Å². The van der Waals surface area contributed by atoms with E-state index < -0.39 is 17.8 Å². The van der Waals surface area contributed by atoms with Crippen molar-refractivity contribution < 1.29 is 24.2 Å². The van der Waals surface area contributed by atoms with Crippen molar-refractivity contribution in [3.8, 4) is 11.5 Å². The number of phenolic OH excluding ortho intramolecular Hbond substituents is 1. The maximum atomic E-state index is 13.0. The minimum absolute atomic E-state index is 0.101. The standard InChI is InChI=1S/C20H17BrN2O5/c1-10-4-5-15(11(2)6-10)23-19(26)13(18(25)22-20(23)27)7-12-8-14(21)17(24)16(9-12)28-3/h4-9,24H,1-3H3,(H,22,25,27)/b13-7+. The van der Waals surface area contributed by atoms with Gasteiger partial charge in [-0.2, -0.15) is 0 Å². The predicted octanol–water partition coefficient (Wildman–Crippen LogP) is 3.45. The quantitative estimate of drug-likeness (QED) is 0.558. The van der Waals surface area contributed by atoms with Crippen molar-refractivity contribution in [3.63, 3.8) is 0 Å². The van der Waals surface area contributed by atoms with Crippen LogP contribution in [0.3, 0.4) is 0 Å².